The van der Waals surface area contributed by atoms with Gasteiger partial charge in [-0.1, -0.05) is 133 Å². The third-order valence-corrected chi connectivity index (χ3v) is 11.0. The maximum atomic E-state index is 6.47. The molecule has 2 atom stereocenters. The third kappa shape index (κ3) is 4.98. The third-order valence-electron chi connectivity index (χ3n) is 9.77. The number of hydrogen-bond acceptors (Lipinski definition) is 5. The summed E-state index contributed by atoms with van der Waals surface area (Å²) in [7, 11) is 0. The molecule has 1 aliphatic rings. The lowest BCUT2D eigenvalue weighted by Gasteiger charge is -2.32. The summed E-state index contributed by atoms with van der Waals surface area (Å²) >= 11 is 1.83. The number of aliphatic imine (C=N–C) groups is 1. The molecule has 1 aliphatic heterocycles. The average Bonchev–Trinajstić information content (AvgIpc) is 3.76. The summed E-state index contributed by atoms with van der Waals surface area (Å²) in [6, 6.07) is 57.9. The number of amidine groups is 1. The lowest BCUT2D eigenvalue weighted by molar-refractivity contribution is 0.411. The number of rotatable bonds is 5. The molecule has 4 nitrogen and oxygen atoms in total. The van der Waals surface area contributed by atoms with Crippen molar-refractivity contribution in [2.45, 2.75) is 12.3 Å². The number of nitrogens with one attached hydrogen (secondary N) is 2. The van der Waals surface area contributed by atoms with Gasteiger partial charge >= 0.3 is 0 Å². The van der Waals surface area contributed by atoms with Crippen LogP contribution in [0, 0.1) is 0 Å². The first-order valence-corrected chi connectivity index (χ1v) is 17.7. The first-order chi connectivity index (χ1) is 24.7. The maximum absolute atomic E-state index is 6.47. The van der Waals surface area contributed by atoms with Gasteiger partial charge in [-0.25, -0.2) is 4.99 Å². The quantitative estimate of drug-likeness (QED) is 0.193. The van der Waals surface area contributed by atoms with E-state index in [9.17, 15) is 0 Å². The Labute approximate surface area is 293 Å². The molecule has 0 bridgehead atoms. The summed E-state index contributed by atoms with van der Waals surface area (Å²) in [5.41, 5.74) is 9.76. The smallest absolute Gasteiger partial charge is 0.135 e. The molecule has 238 valence electrons. The lowest BCUT2D eigenvalue weighted by atomic mass is 10.0. The van der Waals surface area contributed by atoms with E-state index in [-0.39, 0.29) is 12.3 Å². The monoisotopic (exact) mass is 661 g/mol. The molecule has 7 aromatic carbocycles. The second kappa shape index (κ2) is 11.8. The van der Waals surface area contributed by atoms with Gasteiger partial charge in [-0.3, -0.25) is 5.32 Å². The summed E-state index contributed by atoms with van der Waals surface area (Å²) < 4.78 is 9.01. The van der Waals surface area contributed by atoms with Crippen molar-refractivity contribution in [1.82, 2.24) is 10.6 Å². The Morgan fingerprint density at radius 2 is 1.20 bits per heavy atom. The highest BCUT2D eigenvalue weighted by Crippen LogP contribution is 2.40. The zero-order valence-electron chi connectivity index (χ0n) is 27.0. The van der Waals surface area contributed by atoms with Crippen LogP contribution in [0.3, 0.4) is 0 Å². The topological polar surface area (TPSA) is 49.6 Å². The molecule has 5 heteroatoms. The van der Waals surface area contributed by atoms with Crippen molar-refractivity contribution in [1.29, 1.82) is 0 Å². The van der Waals surface area contributed by atoms with E-state index in [4.69, 9.17) is 9.41 Å². The summed E-state index contributed by atoms with van der Waals surface area (Å²) in [5, 5.41) is 12.4. The Kier molecular flexibility index (Phi) is 6.86. The number of furan rings is 1. The summed E-state index contributed by atoms with van der Waals surface area (Å²) in [6.07, 6.45) is -0.483. The second-order valence-electron chi connectivity index (χ2n) is 12.8. The molecule has 0 saturated carbocycles. The van der Waals surface area contributed by atoms with Crippen molar-refractivity contribution in [2.24, 2.45) is 4.99 Å². The van der Waals surface area contributed by atoms with Crippen molar-refractivity contribution in [2.75, 3.05) is 0 Å². The van der Waals surface area contributed by atoms with E-state index in [0.29, 0.717) is 0 Å². The van der Waals surface area contributed by atoms with Gasteiger partial charge in [-0.05, 0) is 58.1 Å². The van der Waals surface area contributed by atoms with Crippen LogP contribution in [0.5, 0.6) is 0 Å². The Bertz CT molecular complexity index is 2730. The van der Waals surface area contributed by atoms with Gasteiger partial charge in [-0.15, -0.1) is 11.3 Å². The minimum Gasteiger partial charge on any atom is -0.456 e. The predicted molar refractivity (Wildman–Crippen MR) is 209 cm³/mol. The Balaban J connectivity index is 1.08. The van der Waals surface area contributed by atoms with Crippen LogP contribution in [-0.2, 0) is 0 Å². The van der Waals surface area contributed by atoms with Gasteiger partial charge in [0.2, 0.25) is 0 Å². The van der Waals surface area contributed by atoms with E-state index in [1.165, 1.54) is 42.4 Å². The normalized spacial score (nSPS) is 16.2. The van der Waals surface area contributed by atoms with Crippen LogP contribution < -0.4 is 10.6 Å². The van der Waals surface area contributed by atoms with Crippen LogP contribution >= 0.6 is 11.3 Å². The maximum Gasteiger partial charge on any atom is 0.135 e. The van der Waals surface area contributed by atoms with E-state index in [1.54, 1.807) is 0 Å². The summed E-state index contributed by atoms with van der Waals surface area (Å²) in [4.78, 5) is 5.37. The van der Waals surface area contributed by atoms with Crippen molar-refractivity contribution >= 4 is 59.3 Å². The molecule has 2 aromatic heterocycles. The first kappa shape index (κ1) is 29.0. The Morgan fingerprint density at radius 1 is 0.500 bits per heavy atom. The van der Waals surface area contributed by atoms with Crippen molar-refractivity contribution in [3.8, 4) is 22.3 Å². The number of hydrogen-bond donors (Lipinski definition) is 2. The van der Waals surface area contributed by atoms with Crippen LogP contribution in [0.25, 0.3) is 64.4 Å². The van der Waals surface area contributed by atoms with E-state index in [0.717, 1.165) is 44.5 Å². The largest absolute Gasteiger partial charge is 0.456 e. The van der Waals surface area contributed by atoms with Crippen molar-refractivity contribution in [3.05, 3.63) is 180 Å². The van der Waals surface area contributed by atoms with Gasteiger partial charge in [-0.2, -0.15) is 0 Å². The predicted octanol–water partition coefficient (Wildman–Crippen LogP) is 11.6. The summed E-state index contributed by atoms with van der Waals surface area (Å²) in [5.74, 6) is 0.854. The van der Waals surface area contributed by atoms with Gasteiger partial charge in [0.05, 0.1) is 0 Å². The molecule has 0 aliphatic carbocycles. The number of fused-ring (bicyclic) bond motifs is 6. The van der Waals surface area contributed by atoms with Crippen LogP contribution in [0.15, 0.2) is 173 Å². The van der Waals surface area contributed by atoms with Crippen LogP contribution in [0.2, 0.25) is 0 Å². The highest BCUT2D eigenvalue weighted by Gasteiger charge is 2.28. The van der Waals surface area contributed by atoms with E-state index in [2.05, 4.69) is 168 Å². The van der Waals surface area contributed by atoms with Crippen molar-refractivity contribution in [3.63, 3.8) is 0 Å². The Morgan fingerprint density at radius 3 is 2.04 bits per heavy atom. The van der Waals surface area contributed by atoms with E-state index >= 15 is 0 Å². The Hall–Kier alpha value is -6.01. The molecule has 50 heavy (non-hydrogen) atoms. The fourth-order valence-electron chi connectivity index (χ4n) is 7.28. The van der Waals surface area contributed by atoms with E-state index < -0.39 is 0 Å². The molecule has 10 rings (SSSR count). The second-order valence-corrected chi connectivity index (χ2v) is 13.9. The highest BCUT2D eigenvalue weighted by molar-refractivity contribution is 7.26. The van der Waals surface area contributed by atoms with Gasteiger partial charge in [0, 0.05) is 42.1 Å². The van der Waals surface area contributed by atoms with Gasteiger partial charge in [0.25, 0.3) is 0 Å². The average molecular weight is 662 g/mol. The molecule has 3 heterocycles. The van der Waals surface area contributed by atoms with Crippen LogP contribution in [-0.4, -0.2) is 5.84 Å². The number of nitrogens with zero attached hydrogens (tertiary/aromatic N) is 1. The minimum atomic E-state index is -0.270. The molecule has 9 aromatic rings. The fourth-order valence-corrected chi connectivity index (χ4v) is 8.52. The lowest BCUT2D eigenvalue weighted by Crippen LogP contribution is -2.45. The SMILES string of the molecule is c1ccc(-c2cccc(C3=NC(c4cccc5c4sc4ccccc45)NC(c4ccc5c(c4)oc4ccc(-c6ccccc6)cc45)N3)c2)cc1. The number of thiophene rings is 1. The summed E-state index contributed by atoms with van der Waals surface area (Å²) in [6.45, 7) is 0. The van der Waals surface area contributed by atoms with Gasteiger partial charge < -0.3 is 9.73 Å². The van der Waals surface area contributed by atoms with Gasteiger partial charge in [0.15, 0.2) is 0 Å². The first-order valence-electron chi connectivity index (χ1n) is 16.9. The number of benzene rings is 7. The zero-order chi connectivity index (χ0) is 33.0. The van der Waals surface area contributed by atoms with Crippen molar-refractivity contribution < 1.29 is 4.42 Å². The molecule has 0 spiro atoms. The zero-order valence-corrected chi connectivity index (χ0v) is 27.8. The molecular weight excluding hydrogens is 631 g/mol. The molecule has 2 N–H and O–H groups in total. The molecule has 0 radical (unpaired) electrons. The molecule has 0 amide bonds. The van der Waals surface area contributed by atoms with Crippen LogP contribution in [0.4, 0.5) is 0 Å². The fraction of sp³-hybridized carbons (Fsp3) is 0.0444. The standard InChI is InChI=1S/C45H31N3OS/c1-3-11-28(12-4-1)30-15-9-16-32(25-30)43-46-44(48-45(47-43)37-19-10-18-36-35-17-7-8-20-41(35)50-42(36)37)33-21-23-34-38-26-31(29-13-5-2-6-14-29)22-24-39(38)49-40(34)27-33/h1-27,44-45,48H,(H,46,47). The highest BCUT2D eigenvalue weighted by atomic mass is 32.1. The van der Waals surface area contributed by atoms with E-state index in [1.807, 2.05) is 17.4 Å². The minimum absolute atomic E-state index is 0.213. The molecule has 2 unspecified atom stereocenters. The molecule has 0 fully saturated rings. The molecular formula is C45H31N3OS. The molecule has 0 saturated heterocycles. The van der Waals surface area contributed by atoms with Crippen LogP contribution in [0.1, 0.15) is 29.0 Å². The van der Waals surface area contributed by atoms with Gasteiger partial charge in [0.1, 0.15) is 29.3 Å².